The zero-order valence-corrected chi connectivity index (χ0v) is 13.7. The van der Waals surface area contributed by atoms with E-state index >= 15 is 0 Å². The van der Waals surface area contributed by atoms with Crippen molar-refractivity contribution >= 4 is 15.9 Å². The van der Waals surface area contributed by atoms with Crippen LogP contribution in [0.4, 0.5) is 0 Å². The minimum atomic E-state index is 0.779. The molecule has 0 aromatic carbocycles. The summed E-state index contributed by atoms with van der Waals surface area (Å²) in [6.45, 7) is 7.44. The molecular weight excluding hydrogens is 304 g/mol. The number of aryl methyl sites for hydroxylation is 1. The van der Waals surface area contributed by atoms with E-state index in [2.05, 4.69) is 32.7 Å². The lowest BCUT2D eigenvalue weighted by Crippen LogP contribution is -2.35. The fraction of sp³-hybridized carbons (Fsp3) is 0.667. The molecule has 1 aromatic rings. The van der Waals surface area contributed by atoms with Crippen LogP contribution < -0.4 is 4.74 Å². The third-order valence-corrected chi connectivity index (χ3v) is 4.86. The zero-order chi connectivity index (χ0) is 13.8. The third-order valence-electron chi connectivity index (χ3n) is 3.94. The number of hydrogen-bond donors (Lipinski definition) is 0. The summed E-state index contributed by atoms with van der Waals surface area (Å²) in [6.07, 6.45) is 4.55. The molecule has 19 heavy (non-hydrogen) atoms. The standard InChI is InChI=1S/C15H23BrN2O/c1-11-8-17-14(12(2)15(11)19-3)10-18-6-4-5-13(7-16)9-18/h8,13H,4-7,9-10H2,1-3H3. The second kappa shape index (κ2) is 6.71. The van der Waals surface area contributed by atoms with Gasteiger partial charge >= 0.3 is 0 Å². The van der Waals surface area contributed by atoms with Crippen molar-refractivity contribution in [3.63, 3.8) is 0 Å². The summed E-state index contributed by atoms with van der Waals surface area (Å²) in [7, 11) is 1.74. The monoisotopic (exact) mass is 326 g/mol. The molecule has 106 valence electrons. The number of likely N-dealkylation sites (tertiary alicyclic amines) is 1. The molecule has 2 rings (SSSR count). The quantitative estimate of drug-likeness (QED) is 0.794. The molecule has 0 aliphatic carbocycles. The molecule has 1 aromatic heterocycles. The maximum absolute atomic E-state index is 5.48. The van der Waals surface area contributed by atoms with Crippen LogP contribution in [0.25, 0.3) is 0 Å². The van der Waals surface area contributed by atoms with Crippen LogP contribution >= 0.6 is 15.9 Å². The summed E-state index contributed by atoms with van der Waals surface area (Å²) < 4.78 is 5.48. The van der Waals surface area contributed by atoms with Crippen molar-refractivity contribution in [2.45, 2.75) is 33.2 Å². The Hall–Kier alpha value is -0.610. The highest BCUT2D eigenvalue weighted by atomic mass is 79.9. The molecule has 0 spiro atoms. The van der Waals surface area contributed by atoms with Gasteiger partial charge in [-0.1, -0.05) is 15.9 Å². The molecule has 4 heteroatoms. The molecule has 1 aliphatic rings. The number of halogens is 1. The van der Waals surface area contributed by atoms with E-state index in [0.717, 1.165) is 34.8 Å². The number of nitrogens with zero attached hydrogens (tertiary/aromatic N) is 2. The van der Waals surface area contributed by atoms with Gasteiger partial charge in [-0.2, -0.15) is 0 Å². The molecule has 3 nitrogen and oxygen atoms in total. The van der Waals surface area contributed by atoms with E-state index in [-0.39, 0.29) is 0 Å². The molecule has 0 N–H and O–H groups in total. The van der Waals surface area contributed by atoms with Crippen LogP contribution in [0.1, 0.15) is 29.7 Å². The zero-order valence-electron chi connectivity index (χ0n) is 12.1. The van der Waals surface area contributed by atoms with E-state index in [4.69, 9.17) is 4.74 Å². The summed E-state index contributed by atoms with van der Waals surface area (Å²) in [6, 6.07) is 0. The average Bonchev–Trinajstić information content (AvgIpc) is 2.43. The van der Waals surface area contributed by atoms with E-state index in [9.17, 15) is 0 Å². The van der Waals surface area contributed by atoms with Gasteiger partial charge in [0.05, 0.1) is 12.8 Å². The van der Waals surface area contributed by atoms with Gasteiger partial charge < -0.3 is 4.74 Å². The largest absolute Gasteiger partial charge is 0.496 e. The highest BCUT2D eigenvalue weighted by Crippen LogP contribution is 2.26. The number of hydrogen-bond acceptors (Lipinski definition) is 3. The van der Waals surface area contributed by atoms with Crippen LogP contribution in [-0.2, 0) is 6.54 Å². The molecule has 1 saturated heterocycles. The normalized spacial score (nSPS) is 20.5. The minimum absolute atomic E-state index is 0.779. The van der Waals surface area contributed by atoms with Crippen molar-refractivity contribution in [2.24, 2.45) is 5.92 Å². The Labute approximate surface area is 124 Å². The minimum Gasteiger partial charge on any atom is -0.496 e. The van der Waals surface area contributed by atoms with Gasteiger partial charge in [0.2, 0.25) is 0 Å². The predicted molar refractivity (Wildman–Crippen MR) is 82.1 cm³/mol. The van der Waals surface area contributed by atoms with Gasteiger partial charge in [0.15, 0.2) is 0 Å². The van der Waals surface area contributed by atoms with E-state index < -0.39 is 0 Å². The first-order valence-electron chi connectivity index (χ1n) is 6.93. The van der Waals surface area contributed by atoms with Crippen LogP contribution in [0.15, 0.2) is 6.20 Å². The van der Waals surface area contributed by atoms with Crippen molar-refractivity contribution < 1.29 is 4.74 Å². The number of rotatable bonds is 4. The molecule has 0 amide bonds. The van der Waals surface area contributed by atoms with Gasteiger partial charge in [0.1, 0.15) is 5.75 Å². The number of alkyl halides is 1. The Morgan fingerprint density at radius 3 is 2.95 bits per heavy atom. The molecular formula is C15H23BrN2O. The Morgan fingerprint density at radius 2 is 2.26 bits per heavy atom. The molecule has 0 bridgehead atoms. The van der Waals surface area contributed by atoms with E-state index in [1.54, 1.807) is 7.11 Å². The summed E-state index contributed by atoms with van der Waals surface area (Å²) in [4.78, 5) is 7.11. The van der Waals surface area contributed by atoms with Gasteiger partial charge in [-0.3, -0.25) is 9.88 Å². The number of aromatic nitrogens is 1. The van der Waals surface area contributed by atoms with Gasteiger partial charge in [-0.25, -0.2) is 0 Å². The van der Waals surface area contributed by atoms with E-state index in [1.165, 1.54) is 31.5 Å². The van der Waals surface area contributed by atoms with Crippen LogP contribution in [0.3, 0.4) is 0 Å². The number of ether oxygens (including phenoxy) is 1. The summed E-state index contributed by atoms with van der Waals surface area (Å²) in [5, 5.41) is 1.10. The molecule has 1 atom stereocenters. The van der Waals surface area contributed by atoms with Gasteiger partial charge in [0.25, 0.3) is 0 Å². The number of piperidine rings is 1. The molecule has 0 radical (unpaired) electrons. The van der Waals surface area contributed by atoms with Crippen LogP contribution in [0.5, 0.6) is 5.75 Å². The smallest absolute Gasteiger partial charge is 0.128 e. The van der Waals surface area contributed by atoms with Crippen molar-refractivity contribution in [1.29, 1.82) is 0 Å². The second-order valence-electron chi connectivity index (χ2n) is 5.44. The summed E-state index contributed by atoms with van der Waals surface area (Å²) in [5.41, 5.74) is 3.45. The van der Waals surface area contributed by atoms with Gasteiger partial charge in [-0.05, 0) is 39.2 Å². The highest BCUT2D eigenvalue weighted by Gasteiger charge is 2.20. The summed E-state index contributed by atoms with van der Waals surface area (Å²) in [5.74, 6) is 1.76. The van der Waals surface area contributed by atoms with Crippen molar-refractivity contribution in [2.75, 3.05) is 25.5 Å². The lowest BCUT2D eigenvalue weighted by atomic mass is 9.99. The van der Waals surface area contributed by atoms with Gasteiger partial charge in [-0.15, -0.1) is 0 Å². The van der Waals surface area contributed by atoms with E-state index in [0.29, 0.717) is 0 Å². The second-order valence-corrected chi connectivity index (χ2v) is 6.09. The molecule has 2 heterocycles. The predicted octanol–water partition coefficient (Wildman–Crippen LogP) is 3.31. The first kappa shape index (κ1) is 14.8. The maximum Gasteiger partial charge on any atom is 0.128 e. The van der Waals surface area contributed by atoms with Crippen molar-refractivity contribution in [3.8, 4) is 5.75 Å². The Kier molecular flexibility index (Phi) is 5.22. The molecule has 1 fully saturated rings. The topological polar surface area (TPSA) is 25.4 Å². The number of pyridine rings is 1. The fourth-order valence-corrected chi connectivity index (χ4v) is 3.39. The fourth-order valence-electron chi connectivity index (χ4n) is 2.86. The Morgan fingerprint density at radius 1 is 1.47 bits per heavy atom. The first-order chi connectivity index (χ1) is 9.15. The SMILES string of the molecule is COc1c(C)cnc(CN2CCCC(CBr)C2)c1C. The van der Waals surface area contributed by atoms with Crippen LogP contribution in [0, 0.1) is 19.8 Å². The third kappa shape index (κ3) is 3.48. The summed E-state index contributed by atoms with van der Waals surface area (Å²) >= 11 is 3.61. The Bertz CT molecular complexity index is 436. The Balaban J connectivity index is 2.10. The molecule has 1 unspecified atom stereocenters. The van der Waals surface area contributed by atoms with Crippen molar-refractivity contribution in [1.82, 2.24) is 9.88 Å². The van der Waals surface area contributed by atoms with E-state index in [1.807, 2.05) is 13.1 Å². The maximum atomic E-state index is 5.48. The lowest BCUT2D eigenvalue weighted by Gasteiger charge is -2.32. The molecule has 1 aliphatic heterocycles. The lowest BCUT2D eigenvalue weighted by molar-refractivity contribution is 0.177. The van der Waals surface area contributed by atoms with Crippen molar-refractivity contribution in [3.05, 3.63) is 23.0 Å². The van der Waals surface area contributed by atoms with Gasteiger partial charge in [0, 0.05) is 35.7 Å². The molecule has 0 saturated carbocycles. The number of methoxy groups -OCH3 is 1. The van der Waals surface area contributed by atoms with Crippen LogP contribution in [0.2, 0.25) is 0 Å². The van der Waals surface area contributed by atoms with Crippen LogP contribution in [-0.4, -0.2) is 35.4 Å². The first-order valence-corrected chi connectivity index (χ1v) is 8.05. The highest BCUT2D eigenvalue weighted by molar-refractivity contribution is 9.09. The average molecular weight is 327 g/mol.